The number of rotatable bonds is 5. The van der Waals surface area contributed by atoms with Crippen LogP contribution in [0.5, 0.6) is 5.75 Å². The van der Waals surface area contributed by atoms with E-state index in [-0.39, 0.29) is 5.91 Å². The van der Waals surface area contributed by atoms with E-state index in [1.54, 1.807) is 6.92 Å². The molecule has 1 unspecified atom stereocenters. The van der Waals surface area contributed by atoms with Gasteiger partial charge in [-0.15, -0.1) is 0 Å². The van der Waals surface area contributed by atoms with Crippen molar-refractivity contribution < 1.29 is 9.53 Å². The Kier molecular flexibility index (Phi) is 5.48. The second-order valence-corrected chi connectivity index (χ2v) is 6.49. The van der Waals surface area contributed by atoms with Gasteiger partial charge in [0, 0.05) is 19.2 Å². The Labute approximate surface area is 148 Å². The molecule has 1 atom stereocenters. The predicted octanol–water partition coefficient (Wildman–Crippen LogP) is 3.12. The predicted molar refractivity (Wildman–Crippen MR) is 97.8 cm³/mol. The van der Waals surface area contributed by atoms with Gasteiger partial charge in [0.1, 0.15) is 23.7 Å². The van der Waals surface area contributed by atoms with Gasteiger partial charge < -0.3 is 15.0 Å². The summed E-state index contributed by atoms with van der Waals surface area (Å²) in [5, 5.41) is 2.81. The number of aromatic nitrogens is 2. The van der Waals surface area contributed by atoms with Gasteiger partial charge in [0.25, 0.3) is 5.91 Å². The Morgan fingerprint density at radius 2 is 1.96 bits per heavy atom. The van der Waals surface area contributed by atoms with Crippen molar-refractivity contribution in [2.75, 3.05) is 23.3 Å². The van der Waals surface area contributed by atoms with Gasteiger partial charge in [0.05, 0.1) is 0 Å². The third kappa shape index (κ3) is 4.68. The number of nitrogens with one attached hydrogen (secondary N) is 1. The number of carbonyl (C=O) groups is 1. The first-order chi connectivity index (χ1) is 12.1. The van der Waals surface area contributed by atoms with Gasteiger partial charge >= 0.3 is 0 Å². The summed E-state index contributed by atoms with van der Waals surface area (Å²) in [6, 6.07) is 11.1. The Morgan fingerprint density at radius 1 is 1.24 bits per heavy atom. The summed E-state index contributed by atoms with van der Waals surface area (Å²) in [5.41, 5.74) is 0. The number of nitrogens with zero attached hydrogens (tertiary/aromatic N) is 3. The number of benzene rings is 1. The van der Waals surface area contributed by atoms with Gasteiger partial charge in [-0.1, -0.05) is 25.1 Å². The van der Waals surface area contributed by atoms with Crippen LogP contribution in [0, 0.1) is 5.92 Å². The molecule has 1 saturated heterocycles. The summed E-state index contributed by atoms with van der Waals surface area (Å²) < 4.78 is 5.64. The van der Waals surface area contributed by atoms with Crippen LogP contribution >= 0.6 is 0 Å². The van der Waals surface area contributed by atoms with Crippen molar-refractivity contribution in [3.05, 3.63) is 42.7 Å². The SMILES string of the molecule is CC1CCN(c2cc(NC(=O)C(C)Oc3ccccc3)ncn2)CC1. The Morgan fingerprint density at radius 3 is 2.68 bits per heavy atom. The topological polar surface area (TPSA) is 67.4 Å². The van der Waals surface area contributed by atoms with Crippen LogP contribution in [0.15, 0.2) is 42.7 Å². The summed E-state index contributed by atoms with van der Waals surface area (Å²) in [4.78, 5) is 23.1. The highest BCUT2D eigenvalue weighted by atomic mass is 16.5. The number of piperidine rings is 1. The standard InChI is InChI=1S/C19H24N4O2/c1-14-8-10-23(11-9-14)18-12-17(20-13-21-18)22-19(24)15(2)25-16-6-4-3-5-7-16/h3-7,12-15H,8-11H2,1-2H3,(H,20,21,22,24). The number of amides is 1. The zero-order valence-corrected chi connectivity index (χ0v) is 14.7. The van der Waals surface area contributed by atoms with Gasteiger partial charge in [0.2, 0.25) is 0 Å². The van der Waals surface area contributed by atoms with Crippen LogP contribution in [0.1, 0.15) is 26.7 Å². The minimum atomic E-state index is -0.614. The minimum absolute atomic E-state index is 0.235. The molecule has 1 N–H and O–H groups in total. The summed E-state index contributed by atoms with van der Waals surface area (Å²) in [6.07, 6.45) is 3.20. The van der Waals surface area contributed by atoms with E-state index in [9.17, 15) is 4.79 Å². The van der Waals surface area contributed by atoms with Crippen LogP contribution < -0.4 is 15.0 Å². The zero-order chi connectivity index (χ0) is 17.6. The molecule has 0 saturated carbocycles. The number of anilines is 2. The minimum Gasteiger partial charge on any atom is -0.481 e. The number of carbonyl (C=O) groups excluding carboxylic acids is 1. The summed E-state index contributed by atoms with van der Waals surface area (Å²) >= 11 is 0. The second-order valence-electron chi connectivity index (χ2n) is 6.49. The Balaban J connectivity index is 1.60. The molecule has 0 bridgehead atoms. The van der Waals surface area contributed by atoms with Gasteiger partial charge in [-0.05, 0) is 37.8 Å². The quantitative estimate of drug-likeness (QED) is 0.906. The average molecular weight is 340 g/mol. The third-order valence-corrected chi connectivity index (χ3v) is 4.44. The largest absolute Gasteiger partial charge is 0.481 e. The molecule has 3 rings (SSSR count). The van der Waals surface area contributed by atoms with E-state index in [4.69, 9.17) is 4.74 Å². The maximum Gasteiger partial charge on any atom is 0.266 e. The molecule has 2 aromatic rings. The lowest BCUT2D eigenvalue weighted by atomic mass is 9.99. The summed E-state index contributed by atoms with van der Waals surface area (Å²) in [6.45, 7) is 5.96. The highest BCUT2D eigenvalue weighted by Gasteiger charge is 2.19. The molecule has 0 radical (unpaired) electrons. The van der Waals surface area contributed by atoms with Crippen molar-refractivity contribution in [1.82, 2.24) is 9.97 Å². The molecule has 25 heavy (non-hydrogen) atoms. The van der Waals surface area contributed by atoms with Crippen LogP contribution in [0.25, 0.3) is 0 Å². The maximum absolute atomic E-state index is 12.3. The van der Waals surface area contributed by atoms with E-state index in [2.05, 4.69) is 27.1 Å². The number of hydrogen-bond acceptors (Lipinski definition) is 5. The van der Waals surface area contributed by atoms with Crippen LogP contribution in [-0.2, 0) is 4.79 Å². The lowest BCUT2D eigenvalue weighted by molar-refractivity contribution is -0.122. The van der Waals surface area contributed by atoms with Gasteiger partial charge in [-0.2, -0.15) is 0 Å². The molecule has 1 aliphatic heterocycles. The zero-order valence-electron chi connectivity index (χ0n) is 14.7. The smallest absolute Gasteiger partial charge is 0.266 e. The normalized spacial score (nSPS) is 16.3. The maximum atomic E-state index is 12.3. The van der Waals surface area contributed by atoms with Crippen molar-refractivity contribution in [2.45, 2.75) is 32.8 Å². The summed E-state index contributed by atoms with van der Waals surface area (Å²) in [5.74, 6) is 2.54. The average Bonchev–Trinajstić information content (AvgIpc) is 2.63. The van der Waals surface area contributed by atoms with Crippen LogP contribution in [0.2, 0.25) is 0 Å². The number of ether oxygens (including phenoxy) is 1. The fourth-order valence-corrected chi connectivity index (χ4v) is 2.81. The van der Waals surface area contributed by atoms with E-state index < -0.39 is 6.10 Å². The first-order valence-corrected chi connectivity index (χ1v) is 8.71. The highest BCUT2D eigenvalue weighted by Crippen LogP contribution is 2.22. The van der Waals surface area contributed by atoms with Crippen molar-refractivity contribution in [3.63, 3.8) is 0 Å². The molecule has 1 aromatic carbocycles. The molecule has 132 valence electrons. The molecule has 6 nitrogen and oxygen atoms in total. The van der Waals surface area contributed by atoms with Crippen molar-refractivity contribution in [1.29, 1.82) is 0 Å². The van der Waals surface area contributed by atoms with E-state index >= 15 is 0 Å². The number of hydrogen-bond donors (Lipinski definition) is 1. The Bertz CT molecular complexity index is 700. The molecule has 1 fully saturated rings. The molecular weight excluding hydrogens is 316 g/mol. The fraction of sp³-hybridized carbons (Fsp3) is 0.421. The first kappa shape index (κ1) is 17.2. The van der Waals surface area contributed by atoms with Gasteiger partial charge in [0.15, 0.2) is 6.10 Å². The van der Waals surface area contributed by atoms with Gasteiger partial charge in [-0.3, -0.25) is 4.79 Å². The van der Waals surface area contributed by atoms with Crippen LogP contribution in [0.3, 0.4) is 0 Å². The third-order valence-electron chi connectivity index (χ3n) is 4.44. The van der Waals surface area contributed by atoms with Gasteiger partial charge in [-0.25, -0.2) is 9.97 Å². The summed E-state index contributed by atoms with van der Waals surface area (Å²) in [7, 11) is 0. The van der Waals surface area contributed by atoms with Crippen molar-refractivity contribution in [2.24, 2.45) is 5.92 Å². The number of para-hydroxylation sites is 1. The molecular formula is C19H24N4O2. The van der Waals surface area contributed by atoms with Crippen molar-refractivity contribution >= 4 is 17.5 Å². The lowest BCUT2D eigenvalue weighted by Crippen LogP contribution is -2.34. The fourth-order valence-electron chi connectivity index (χ4n) is 2.81. The van der Waals surface area contributed by atoms with Crippen LogP contribution in [0.4, 0.5) is 11.6 Å². The monoisotopic (exact) mass is 340 g/mol. The molecule has 1 aromatic heterocycles. The van der Waals surface area contributed by atoms with E-state index in [1.165, 1.54) is 6.33 Å². The molecule has 2 heterocycles. The molecule has 6 heteroatoms. The Hall–Kier alpha value is -2.63. The van der Waals surface area contributed by atoms with Crippen LogP contribution in [-0.4, -0.2) is 35.1 Å². The molecule has 1 amide bonds. The first-order valence-electron chi connectivity index (χ1n) is 8.71. The van der Waals surface area contributed by atoms with E-state index in [0.29, 0.717) is 11.6 Å². The van der Waals surface area contributed by atoms with Crippen molar-refractivity contribution in [3.8, 4) is 5.75 Å². The molecule has 0 aliphatic carbocycles. The van der Waals surface area contributed by atoms with E-state index in [0.717, 1.165) is 37.7 Å². The van der Waals surface area contributed by atoms with E-state index in [1.807, 2.05) is 36.4 Å². The second kappa shape index (κ2) is 7.96. The lowest BCUT2D eigenvalue weighted by Gasteiger charge is -2.31. The highest BCUT2D eigenvalue weighted by molar-refractivity contribution is 5.93. The molecule has 0 spiro atoms. The molecule has 1 aliphatic rings.